The van der Waals surface area contributed by atoms with Crippen LogP contribution < -0.4 is 15.2 Å². The van der Waals surface area contributed by atoms with Crippen LogP contribution in [-0.4, -0.2) is 24.2 Å². The minimum Gasteiger partial charge on any atom is -0.497 e. The number of rotatable bonds is 5. The van der Waals surface area contributed by atoms with Crippen molar-refractivity contribution in [1.29, 1.82) is 0 Å². The molecule has 0 fully saturated rings. The zero-order chi connectivity index (χ0) is 18.7. The van der Waals surface area contributed by atoms with E-state index in [0.717, 1.165) is 51.6 Å². The topological polar surface area (TPSA) is 70.3 Å². The number of methoxy groups -OCH3 is 2. The molecule has 0 saturated carbocycles. The number of hydrogen-bond acceptors (Lipinski definition) is 5. The third-order valence-electron chi connectivity index (χ3n) is 4.35. The fraction of sp³-hybridized carbons (Fsp3) is 0.238. The summed E-state index contributed by atoms with van der Waals surface area (Å²) in [5.41, 5.74) is 11.8. The number of nitrogens with zero attached hydrogens (tertiary/aromatic N) is 2. The van der Waals surface area contributed by atoms with Gasteiger partial charge < -0.3 is 15.2 Å². The van der Waals surface area contributed by atoms with E-state index in [-0.39, 0.29) is 5.95 Å². The fourth-order valence-electron chi connectivity index (χ4n) is 3.05. The Morgan fingerprint density at radius 2 is 1.62 bits per heavy atom. The Bertz CT molecular complexity index is 921. The first-order valence-electron chi connectivity index (χ1n) is 8.53. The van der Waals surface area contributed by atoms with E-state index in [0.29, 0.717) is 0 Å². The lowest BCUT2D eigenvalue weighted by Gasteiger charge is -2.16. The number of hydrogen-bond donors (Lipinski definition) is 1. The largest absolute Gasteiger partial charge is 0.497 e. The standard InChI is InChI=1S/C21H23N3O2/c1-5-16-19(14-7-9-15(25-3)10-8-14)23-21(22)24-20(16)17-12-13(2)6-11-18(17)26-4/h6-12H,5H2,1-4H3,(H2,22,23,24). The minimum absolute atomic E-state index is 0.242. The van der Waals surface area contributed by atoms with Gasteiger partial charge in [0.2, 0.25) is 5.95 Å². The van der Waals surface area contributed by atoms with Gasteiger partial charge in [-0.2, -0.15) is 0 Å². The second-order valence-electron chi connectivity index (χ2n) is 6.04. The van der Waals surface area contributed by atoms with Crippen LogP contribution in [0, 0.1) is 6.92 Å². The van der Waals surface area contributed by atoms with Gasteiger partial charge in [-0.05, 0) is 49.7 Å². The molecular formula is C21H23N3O2. The van der Waals surface area contributed by atoms with Crippen molar-refractivity contribution in [3.8, 4) is 34.0 Å². The highest BCUT2D eigenvalue weighted by atomic mass is 16.5. The van der Waals surface area contributed by atoms with Crippen molar-refractivity contribution in [2.24, 2.45) is 0 Å². The maximum Gasteiger partial charge on any atom is 0.221 e. The lowest BCUT2D eigenvalue weighted by molar-refractivity contribution is 0.415. The smallest absolute Gasteiger partial charge is 0.221 e. The van der Waals surface area contributed by atoms with Crippen molar-refractivity contribution in [1.82, 2.24) is 9.97 Å². The Hall–Kier alpha value is -3.08. The molecule has 0 aliphatic carbocycles. The number of nitrogens with two attached hydrogens (primary N) is 1. The Kier molecular flexibility index (Phi) is 5.07. The molecular weight excluding hydrogens is 326 g/mol. The molecule has 5 nitrogen and oxygen atoms in total. The van der Waals surface area contributed by atoms with Gasteiger partial charge in [0, 0.05) is 16.7 Å². The van der Waals surface area contributed by atoms with E-state index >= 15 is 0 Å². The number of anilines is 1. The van der Waals surface area contributed by atoms with Crippen LogP contribution in [0.25, 0.3) is 22.5 Å². The Balaban J connectivity index is 2.24. The quantitative estimate of drug-likeness (QED) is 0.744. The molecule has 0 saturated heterocycles. The molecule has 0 atom stereocenters. The molecule has 0 amide bonds. The molecule has 26 heavy (non-hydrogen) atoms. The number of ether oxygens (including phenoxy) is 2. The Labute approximate surface area is 153 Å². The number of aromatic nitrogens is 2. The summed E-state index contributed by atoms with van der Waals surface area (Å²) in [5, 5.41) is 0. The van der Waals surface area contributed by atoms with Gasteiger partial charge in [-0.1, -0.05) is 18.6 Å². The molecule has 0 radical (unpaired) electrons. The molecule has 0 spiro atoms. The van der Waals surface area contributed by atoms with Crippen LogP contribution in [0.2, 0.25) is 0 Å². The SMILES string of the molecule is CCc1c(-c2ccc(OC)cc2)nc(N)nc1-c1cc(C)ccc1OC. The van der Waals surface area contributed by atoms with Crippen molar-refractivity contribution < 1.29 is 9.47 Å². The zero-order valence-electron chi connectivity index (χ0n) is 15.5. The van der Waals surface area contributed by atoms with Crippen molar-refractivity contribution in [3.63, 3.8) is 0 Å². The van der Waals surface area contributed by atoms with Gasteiger partial charge in [0.1, 0.15) is 11.5 Å². The molecule has 3 aromatic rings. The van der Waals surface area contributed by atoms with Gasteiger partial charge >= 0.3 is 0 Å². The average Bonchev–Trinajstić information content (AvgIpc) is 2.67. The summed E-state index contributed by atoms with van der Waals surface area (Å²) in [6, 6.07) is 13.8. The van der Waals surface area contributed by atoms with Gasteiger partial charge in [-0.25, -0.2) is 9.97 Å². The van der Waals surface area contributed by atoms with Crippen molar-refractivity contribution in [3.05, 3.63) is 53.6 Å². The highest BCUT2D eigenvalue weighted by Gasteiger charge is 2.18. The van der Waals surface area contributed by atoms with Gasteiger partial charge in [-0.15, -0.1) is 0 Å². The first-order chi connectivity index (χ1) is 12.6. The van der Waals surface area contributed by atoms with E-state index in [2.05, 4.69) is 23.0 Å². The zero-order valence-corrected chi connectivity index (χ0v) is 15.5. The second-order valence-corrected chi connectivity index (χ2v) is 6.04. The third-order valence-corrected chi connectivity index (χ3v) is 4.35. The maximum atomic E-state index is 6.06. The lowest BCUT2D eigenvalue weighted by Crippen LogP contribution is -2.05. The number of aryl methyl sites for hydroxylation is 1. The number of nitrogen functional groups attached to an aromatic ring is 1. The van der Waals surface area contributed by atoms with Crippen LogP contribution in [-0.2, 0) is 6.42 Å². The summed E-state index contributed by atoms with van der Waals surface area (Å²) in [7, 11) is 3.31. The van der Waals surface area contributed by atoms with Crippen LogP contribution in [0.3, 0.4) is 0 Å². The summed E-state index contributed by atoms with van der Waals surface area (Å²) in [6.07, 6.45) is 0.772. The molecule has 0 aliphatic rings. The van der Waals surface area contributed by atoms with Gasteiger partial charge in [0.05, 0.1) is 25.6 Å². The van der Waals surface area contributed by atoms with E-state index < -0.39 is 0 Å². The van der Waals surface area contributed by atoms with Crippen LogP contribution in [0.4, 0.5) is 5.95 Å². The number of benzene rings is 2. The Morgan fingerprint density at radius 3 is 2.23 bits per heavy atom. The normalized spacial score (nSPS) is 10.6. The van der Waals surface area contributed by atoms with Crippen LogP contribution >= 0.6 is 0 Å². The summed E-state index contributed by atoms with van der Waals surface area (Å²) in [4.78, 5) is 9.06. The van der Waals surface area contributed by atoms with Crippen LogP contribution in [0.15, 0.2) is 42.5 Å². The average molecular weight is 349 g/mol. The van der Waals surface area contributed by atoms with Crippen molar-refractivity contribution in [2.45, 2.75) is 20.3 Å². The van der Waals surface area contributed by atoms with Gasteiger partial charge in [-0.3, -0.25) is 0 Å². The predicted molar refractivity (Wildman–Crippen MR) is 105 cm³/mol. The Morgan fingerprint density at radius 1 is 0.923 bits per heavy atom. The highest BCUT2D eigenvalue weighted by Crippen LogP contribution is 2.36. The molecule has 134 valence electrons. The van der Waals surface area contributed by atoms with Crippen LogP contribution in [0.1, 0.15) is 18.1 Å². The molecule has 2 N–H and O–H groups in total. The third kappa shape index (κ3) is 3.33. The minimum atomic E-state index is 0.242. The maximum absolute atomic E-state index is 6.06. The summed E-state index contributed by atoms with van der Waals surface area (Å²) in [5.74, 6) is 1.81. The molecule has 5 heteroatoms. The first kappa shape index (κ1) is 17.7. The van der Waals surface area contributed by atoms with Crippen molar-refractivity contribution >= 4 is 5.95 Å². The predicted octanol–water partition coefficient (Wildman–Crippen LogP) is 4.28. The van der Waals surface area contributed by atoms with E-state index in [4.69, 9.17) is 15.2 Å². The fourth-order valence-corrected chi connectivity index (χ4v) is 3.05. The van der Waals surface area contributed by atoms with E-state index in [1.807, 2.05) is 43.3 Å². The van der Waals surface area contributed by atoms with E-state index in [1.54, 1.807) is 14.2 Å². The summed E-state index contributed by atoms with van der Waals surface area (Å²) < 4.78 is 10.8. The monoisotopic (exact) mass is 349 g/mol. The highest BCUT2D eigenvalue weighted by molar-refractivity contribution is 5.78. The van der Waals surface area contributed by atoms with Gasteiger partial charge in [0.25, 0.3) is 0 Å². The summed E-state index contributed by atoms with van der Waals surface area (Å²) in [6.45, 7) is 4.14. The molecule has 0 unspecified atom stereocenters. The molecule has 1 heterocycles. The summed E-state index contributed by atoms with van der Waals surface area (Å²) >= 11 is 0. The van der Waals surface area contributed by atoms with Crippen molar-refractivity contribution in [2.75, 3.05) is 20.0 Å². The van der Waals surface area contributed by atoms with Gasteiger partial charge in [0.15, 0.2) is 0 Å². The molecule has 1 aromatic heterocycles. The molecule has 0 bridgehead atoms. The van der Waals surface area contributed by atoms with E-state index in [1.165, 1.54) is 0 Å². The first-order valence-corrected chi connectivity index (χ1v) is 8.53. The molecule has 3 rings (SSSR count). The lowest BCUT2D eigenvalue weighted by atomic mass is 9.97. The second kappa shape index (κ2) is 7.44. The molecule has 0 aliphatic heterocycles. The molecule has 2 aromatic carbocycles. The van der Waals surface area contributed by atoms with E-state index in [9.17, 15) is 0 Å². The van der Waals surface area contributed by atoms with Crippen LogP contribution in [0.5, 0.6) is 11.5 Å².